The van der Waals surface area contributed by atoms with Crippen molar-refractivity contribution in [3.8, 4) is 17.1 Å². The van der Waals surface area contributed by atoms with E-state index in [1.165, 1.54) is 0 Å². The molecular formula is C43H27N3O. The fraction of sp³-hybridized carbons (Fsp3) is 0. The van der Waals surface area contributed by atoms with Gasteiger partial charge in [-0.3, -0.25) is 9.36 Å². The van der Waals surface area contributed by atoms with Crippen LogP contribution >= 0.6 is 0 Å². The Balaban J connectivity index is 1.48. The van der Waals surface area contributed by atoms with E-state index in [0.717, 1.165) is 77.0 Å². The zero-order valence-corrected chi connectivity index (χ0v) is 25.3. The molecule has 0 radical (unpaired) electrons. The third kappa shape index (κ3) is 3.61. The van der Waals surface area contributed by atoms with Gasteiger partial charge >= 0.3 is 0 Å². The minimum absolute atomic E-state index is 0.0309. The summed E-state index contributed by atoms with van der Waals surface area (Å²) in [5.74, 6) is 0. The number of hydrogen-bond donors (Lipinski definition) is 0. The number of benzene rings is 7. The van der Waals surface area contributed by atoms with Crippen molar-refractivity contribution in [1.29, 1.82) is 0 Å². The molecule has 0 aliphatic heterocycles. The Morgan fingerprint density at radius 2 is 0.745 bits per heavy atom. The molecular weight excluding hydrogens is 574 g/mol. The lowest BCUT2D eigenvalue weighted by molar-refractivity contribution is 1.06. The second-order valence-electron chi connectivity index (χ2n) is 12.1. The number of pyridine rings is 1. The molecule has 4 nitrogen and oxygen atoms in total. The number of aromatic nitrogens is 3. The van der Waals surface area contributed by atoms with E-state index >= 15 is 0 Å². The summed E-state index contributed by atoms with van der Waals surface area (Å²) in [6.45, 7) is 0. The molecule has 10 rings (SSSR count). The summed E-state index contributed by atoms with van der Waals surface area (Å²) >= 11 is 0. The maximum atomic E-state index is 14.8. The van der Waals surface area contributed by atoms with Crippen LogP contribution in [0.25, 0.3) is 82.3 Å². The quantitative estimate of drug-likeness (QED) is 0.185. The van der Waals surface area contributed by atoms with Gasteiger partial charge in [-0.2, -0.15) is 0 Å². The van der Waals surface area contributed by atoms with Gasteiger partial charge in [-0.05, 0) is 78.2 Å². The molecule has 7 aromatic carbocycles. The number of para-hydroxylation sites is 5. The van der Waals surface area contributed by atoms with E-state index in [4.69, 9.17) is 0 Å². The predicted octanol–water partition coefficient (Wildman–Crippen LogP) is 10.3. The molecule has 0 N–H and O–H groups in total. The predicted molar refractivity (Wildman–Crippen MR) is 196 cm³/mol. The fourth-order valence-corrected chi connectivity index (χ4v) is 7.68. The molecule has 0 bridgehead atoms. The van der Waals surface area contributed by atoms with Crippen molar-refractivity contribution in [3.05, 3.63) is 174 Å². The summed E-state index contributed by atoms with van der Waals surface area (Å²) in [6, 6.07) is 56.8. The molecule has 0 saturated heterocycles. The van der Waals surface area contributed by atoms with Gasteiger partial charge in [0.1, 0.15) is 0 Å². The Morgan fingerprint density at radius 1 is 0.298 bits per heavy atom. The summed E-state index contributed by atoms with van der Waals surface area (Å²) in [5, 5.41) is 7.31. The highest BCUT2D eigenvalue weighted by molar-refractivity contribution is 6.29. The van der Waals surface area contributed by atoms with Crippen molar-refractivity contribution in [2.75, 3.05) is 0 Å². The van der Waals surface area contributed by atoms with Crippen LogP contribution in [0.3, 0.4) is 0 Å². The summed E-state index contributed by atoms with van der Waals surface area (Å²) < 4.78 is 6.52. The molecule has 0 aliphatic rings. The van der Waals surface area contributed by atoms with Crippen molar-refractivity contribution in [3.63, 3.8) is 0 Å². The zero-order chi connectivity index (χ0) is 31.1. The normalized spacial score (nSPS) is 11.9. The van der Waals surface area contributed by atoms with Crippen LogP contribution in [-0.2, 0) is 0 Å². The largest absolute Gasteiger partial charge is 0.309 e. The molecule has 0 unspecified atom stereocenters. The fourth-order valence-electron chi connectivity index (χ4n) is 7.68. The summed E-state index contributed by atoms with van der Waals surface area (Å²) in [5.41, 5.74) is 8.24. The van der Waals surface area contributed by atoms with Gasteiger partial charge in [0.2, 0.25) is 0 Å². The Hall–Kier alpha value is -6.39. The Morgan fingerprint density at radius 3 is 1.36 bits per heavy atom. The van der Waals surface area contributed by atoms with Crippen molar-refractivity contribution < 1.29 is 0 Å². The second-order valence-corrected chi connectivity index (χ2v) is 12.1. The van der Waals surface area contributed by atoms with Crippen LogP contribution in [0.15, 0.2) is 169 Å². The van der Waals surface area contributed by atoms with Gasteiger partial charge in [-0.25, -0.2) is 0 Å². The van der Waals surface area contributed by atoms with Gasteiger partial charge in [0.05, 0.1) is 33.0 Å². The van der Waals surface area contributed by atoms with Gasteiger partial charge in [-0.1, -0.05) is 91.0 Å². The number of rotatable bonds is 3. The maximum Gasteiger partial charge on any atom is 0.263 e. The van der Waals surface area contributed by atoms with Crippen LogP contribution in [0.5, 0.6) is 0 Å². The van der Waals surface area contributed by atoms with Crippen LogP contribution in [0.2, 0.25) is 0 Å². The van der Waals surface area contributed by atoms with Crippen molar-refractivity contribution in [1.82, 2.24) is 13.7 Å². The molecule has 47 heavy (non-hydrogen) atoms. The van der Waals surface area contributed by atoms with Crippen molar-refractivity contribution in [2.24, 2.45) is 0 Å². The van der Waals surface area contributed by atoms with E-state index < -0.39 is 0 Å². The van der Waals surface area contributed by atoms with Crippen molar-refractivity contribution >= 4 is 65.3 Å². The third-order valence-electron chi connectivity index (χ3n) is 9.62. The van der Waals surface area contributed by atoms with E-state index in [0.29, 0.717) is 5.39 Å². The molecule has 4 heteroatoms. The molecule has 0 atom stereocenters. The Kier molecular flexibility index (Phi) is 5.40. The Labute approximate surface area is 269 Å². The lowest BCUT2D eigenvalue weighted by Crippen LogP contribution is -2.19. The average molecular weight is 602 g/mol. The summed E-state index contributed by atoms with van der Waals surface area (Å²) in [6.07, 6.45) is 0. The monoisotopic (exact) mass is 601 g/mol. The molecule has 3 aromatic heterocycles. The minimum atomic E-state index is -0.0309. The van der Waals surface area contributed by atoms with Crippen molar-refractivity contribution in [2.45, 2.75) is 0 Å². The zero-order valence-electron chi connectivity index (χ0n) is 25.3. The van der Waals surface area contributed by atoms with E-state index in [9.17, 15) is 4.79 Å². The molecule has 3 heterocycles. The van der Waals surface area contributed by atoms with E-state index in [-0.39, 0.29) is 5.56 Å². The van der Waals surface area contributed by atoms with Crippen LogP contribution < -0.4 is 5.56 Å². The van der Waals surface area contributed by atoms with Crippen LogP contribution in [0.1, 0.15) is 0 Å². The number of fused-ring (bicyclic) bond motifs is 10. The smallest absolute Gasteiger partial charge is 0.263 e. The van der Waals surface area contributed by atoms with Crippen LogP contribution in [0.4, 0.5) is 0 Å². The minimum Gasteiger partial charge on any atom is -0.309 e. The summed E-state index contributed by atoms with van der Waals surface area (Å²) in [7, 11) is 0. The van der Waals surface area contributed by atoms with Gasteiger partial charge in [-0.15, -0.1) is 0 Å². The van der Waals surface area contributed by atoms with Gasteiger partial charge in [0, 0.05) is 44.0 Å². The Bertz CT molecular complexity index is 2900. The second kappa shape index (κ2) is 9.80. The molecule has 10 aromatic rings. The first kappa shape index (κ1) is 25.9. The van der Waals surface area contributed by atoms with Gasteiger partial charge in [0.15, 0.2) is 0 Å². The molecule has 0 amide bonds. The highest BCUT2D eigenvalue weighted by Crippen LogP contribution is 2.42. The average Bonchev–Trinajstić information content (AvgIpc) is 3.65. The van der Waals surface area contributed by atoms with Gasteiger partial charge in [0.25, 0.3) is 5.56 Å². The van der Waals surface area contributed by atoms with E-state index in [2.05, 4.69) is 137 Å². The SMILES string of the molecule is O=c1c2cc3c(cc2c2c4c5ccccc5n(-c5ccccc5)c4ccc2n1-c1ccccc1)c1ccccc1n3-c1ccccc1. The van der Waals surface area contributed by atoms with E-state index in [1.807, 2.05) is 41.0 Å². The summed E-state index contributed by atoms with van der Waals surface area (Å²) in [4.78, 5) is 14.8. The topological polar surface area (TPSA) is 31.9 Å². The standard InChI is InChI=1S/C43H27N3O/c47-43-35-27-40-33(31-20-10-12-22-36(31)45(40)29-16-6-2-7-17-29)26-34(35)42-39(46(43)30-18-8-3-9-19-30)25-24-38-41(42)32-21-11-13-23-37(32)44(38)28-14-4-1-5-15-28/h1-27H. The maximum absolute atomic E-state index is 14.8. The number of nitrogens with zero attached hydrogens (tertiary/aromatic N) is 3. The first-order chi connectivity index (χ1) is 23.3. The molecule has 0 spiro atoms. The highest BCUT2D eigenvalue weighted by Gasteiger charge is 2.22. The first-order valence-corrected chi connectivity index (χ1v) is 15.9. The molecule has 0 fully saturated rings. The number of hydrogen-bond acceptors (Lipinski definition) is 1. The lowest BCUT2D eigenvalue weighted by atomic mass is 9.98. The molecule has 220 valence electrons. The van der Waals surface area contributed by atoms with Crippen LogP contribution in [0, 0.1) is 0 Å². The van der Waals surface area contributed by atoms with Gasteiger partial charge < -0.3 is 9.13 Å². The van der Waals surface area contributed by atoms with Crippen LogP contribution in [-0.4, -0.2) is 13.7 Å². The highest BCUT2D eigenvalue weighted by atomic mass is 16.1. The first-order valence-electron chi connectivity index (χ1n) is 15.9. The lowest BCUT2D eigenvalue weighted by Gasteiger charge is -2.16. The molecule has 0 aliphatic carbocycles. The van der Waals surface area contributed by atoms with E-state index in [1.54, 1.807) is 0 Å². The third-order valence-corrected chi connectivity index (χ3v) is 9.62. The molecule has 0 saturated carbocycles.